The Bertz CT molecular complexity index is 721. The first-order valence-corrected chi connectivity index (χ1v) is 9.36. The van der Waals surface area contributed by atoms with Crippen molar-refractivity contribution in [3.63, 3.8) is 0 Å². The molecule has 0 radical (unpaired) electrons. The van der Waals surface area contributed by atoms with Crippen LogP contribution < -0.4 is 4.74 Å². The highest BCUT2D eigenvalue weighted by Gasteiger charge is 2.23. The summed E-state index contributed by atoms with van der Waals surface area (Å²) in [5, 5.41) is 2.11. The van der Waals surface area contributed by atoms with Gasteiger partial charge in [-0.3, -0.25) is 4.79 Å². The van der Waals surface area contributed by atoms with Crippen molar-refractivity contribution in [2.45, 2.75) is 31.9 Å². The van der Waals surface area contributed by atoms with E-state index in [4.69, 9.17) is 9.47 Å². The highest BCUT2D eigenvalue weighted by atomic mass is 32.1. The van der Waals surface area contributed by atoms with Gasteiger partial charge in [0.1, 0.15) is 12.4 Å². The average molecular weight is 343 g/mol. The summed E-state index contributed by atoms with van der Waals surface area (Å²) in [4.78, 5) is 16.1. The van der Waals surface area contributed by atoms with E-state index in [2.05, 4.69) is 11.4 Å². The number of hydrogen-bond donors (Lipinski definition) is 0. The number of rotatable bonds is 4. The fourth-order valence-electron chi connectivity index (χ4n) is 3.29. The Morgan fingerprint density at radius 2 is 2.33 bits per heavy atom. The van der Waals surface area contributed by atoms with Crippen LogP contribution in [0.2, 0.25) is 0 Å². The maximum Gasteiger partial charge on any atom is 0.254 e. The molecule has 2 aromatic rings. The Morgan fingerprint density at radius 3 is 3.21 bits per heavy atom. The van der Waals surface area contributed by atoms with E-state index in [-0.39, 0.29) is 12.0 Å². The lowest BCUT2D eigenvalue weighted by atomic mass is 10.1. The number of thiophene rings is 1. The molecule has 0 unspecified atom stereocenters. The molecule has 4 rings (SSSR count). The molecule has 1 fully saturated rings. The molecule has 2 aliphatic rings. The predicted molar refractivity (Wildman–Crippen MR) is 93.7 cm³/mol. The number of benzene rings is 1. The quantitative estimate of drug-likeness (QED) is 0.853. The summed E-state index contributed by atoms with van der Waals surface area (Å²) in [6, 6.07) is 9.63. The van der Waals surface area contributed by atoms with E-state index in [1.807, 2.05) is 29.2 Å². The van der Waals surface area contributed by atoms with Crippen LogP contribution in [0.4, 0.5) is 0 Å². The second-order valence-electron chi connectivity index (χ2n) is 6.32. The average Bonchev–Trinajstić information content (AvgIpc) is 3.30. The Kier molecular flexibility index (Phi) is 4.54. The Morgan fingerprint density at radius 1 is 1.38 bits per heavy atom. The molecular weight excluding hydrogens is 322 g/mol. The maximum absolute atomic E-state index is 12.8. The standard InChI is InChI=1S/C19H21NO3S/c21-19(20-8-6-18-15(12-20)7-10-24-18)14-3-1-4-16(11-14)23-13-17-5-2-9-22-17/h1,3-4,7,10-11,17H,2,5-6,8-9,12-13H2/t17-/m1/s1. The Labute approximate surface area is 146 Å². The topological polar surface area (TPSA) is 38.8 Å². The highest BCUT2D eigenvalue weighted by Crippen LogP contribution is 2.26. The van der Waals surface area contributed by atoms with Gasteiger partial charge in [-0.15, -0.1) is 11.3 Å². The molecule has 1 aromatic carbocycles. The van der Waals surface area contributed by atoms with E-state index in [9.17, 15) is 4.79 Å². The summed E-state index contributed by atoms with van der Waals surface area (Å²) >= 11 is 1.79. The van der Waals surface area contributed by atoms with Gasteiger partial charge in [0.2, 0.25) is 0 Å². The van der Waals surface area contributed by atoms with E-state index in [0.717, 1.165) is 38.2 Å². The summed E-state index contributed by atoms with van der Waals surface area (Å²) < 4.78 is 11.4. The minimum atomic E-state index is 0.0782. The van der Waals surface area contributed by atoms with Gasteiger partial charge in [-0.2, -0.15) is 0 Å². The predicted octanol–water partition coefficient (Wildman–Crippen LogP) is 3.50. The van der Waals surface area contributed by atoms with Crippen molar-refractivity contribution in [1.82, 2.24) is 4.90 Å². The first-order chi connectivity index (χ1) is 11.8. The SMILES string of the molecule is O=C(c1cccc(OC[C@H]2CCCO2)c1)N1CCc2sccc2C1. The monoisotopic (exact) mass is 343 g/mol. The van der Waals surface area contributed by atoms with Crippen molar-refractivity contribution < 1.29 is 14.3 Å². The van der Waals surface area contributed by atoms with Gasteiger partial charge in [0.15, 0.2) is 0 Å². The number of hydrogen-bond acceptors (Lipinski definition) is 4. The number of ether oxygens (including phenoxy) is 2. The van der Waals surface area contributed by atoms with Crippen LogP contribution in [-0.2, 0) is 17.7 Å². The molecule has 24 heavy (non-hydrogen) atoms. The zero-order chi connectivity index (χ0) is 16.4. The van der Waals surface area contributed by atoms with Crippen molar-refractivity contribution in [3.05, 3.63) is 51.7 Å². The normalized spacial score (nSPS) is 20.0. The second kappa shape index (κ2) is 6.95. The Balaban J connectivity index is 1.42. The van der Waals surface area contributed by atoms with E-state index >= 15 is 0 Å². The van der Waals surface area contributed by atoms with Gasteiger partial charge >= 0.3 is 0 Å². The van der Waals surface area contributed by atoms with Gasteiger partial charge in [0.25, 0.3) is 5.91 Å². The van der Waals surface area contributed by atoms with Crippen LogP contribution in [0.3, 0.4) is 0 Å². The van der Waals surface area contributed by atoms with Crippen molar-refractivity contribution in [2.24, 2.45) is 0 Å². The fourth-order valence-corrected chi connectivity index (χ4v) is 4.18. The lowest BCUT2D eigenvalue weighted by Crippen LogP contribution is -2.35. The lowest BCUT2D eigenvalue weighted by molar-refractivity contribution is 0.0676. The fraction of sp³-hybridized carbons (Fsp3) is 0.421. The van der Waals surface area contributed by atoms with Crippen LogP contribution in [0.25, 0.3) is 0 Å². The molecule has 0 N–H and O–H groups in total. The molecule has 0 bridgehead atoms. The van der Waals surface area contributed by atoms with Crippen LogP contribution in [0.15, 0.2) is 35.7 Å². The van der Waals surface area contributed by atoms with Crippen molar-refractivity contribution in [1.29, 1.82) is 0 Å². The number of nitrogens with zero attached hydrogens (tertiary/aromatic N) is 1. The molecule has 0 saturated carbocycles. The summed E-state index contributed by atoms with van der Waals surface area (Å²) in [7, 11) is 0. The van der Waals surface area contributed by atoms with Crippen LogP contribution in [0.5, 0.6) is 5.75 Å². The van der Waals surface area contributed by atoms with Gasteiger partial charge < -0.3 is 14.4 Å². The third-order valence-electron chi connectivity index (χ3n) is 4.64. The molecule has 2 aliphatic heterocycles. The minimum absolute atomic E-state index is 0.0782. The number of carbonyl (C=O) groups excluding carboxylic acids is 1. The summed E-state index contributed by atoms with van der Waals surface area (Å²) in [6.45, 7) is 2.87. The van der Waals surface area contributed by atoms with Crippen molar-refractivity contribution in [3.8, 4) is 5.75 Å². The highest BCUT2D eigenvalue weighted by molar-refractivity contribution is 7.10. The zero-order valence-corrected chi connectivity index (χ0v) is 14.4. The number of carbonyl (C=O) groups is 1. The molecule has 0 aliphatic carbocycles. The van der Waals surface area contributed by atoms with Gasteiger partial charge in [0, 0.05) is 30.1 Å². The van der Waals surface area contributed by atoms with E-state index in [1.54, 1.807) is 11.3 Å². The van der Waals surface area contributed by atoms with Crippen LogP contribution in [-0.4, -0.2) is 36.7 Å². The number of amides is 1. The molecule has 1 saturated heterocycles. The Hall–Kier alpha value is -1.85. The molecule has 5 heteroatoms. The van der Waals surface area contributed by atoms with Gasteiger partial charge in [-0.1, -0.05) is 6.07 Å². The molecule has 0 spiro atoms. The van der Waals surface area contributed by atoms with E-state index in [1.165, 1.54) is 10.4 Å². The molecule has 1 aromatic heterocycles. The zero-order valence-electron chi connectivity index (χ0n) is 13.6. The lowest BCUT2D eigenvalue weighted by Gasteiger charge is -2.27. The third kappa shape index (κ3) is 3.32. The van der Waals surface area contributed by atoms with Crippen LogP contribution >= 0.6 is 11.3 Å². The number of fused-ring (bicyclic) bond motifs is 1. The third-order valence-corrected chi connectivity index (χ3v) is 5.66. The smallest absolute Gasteiger partial charge is 0.254 e. The van der Waals surface area contributed by atoms with Crippen LogP contribution in [0.1, 0.15) is 33.6 Å². The molecule has 126 valence electrons. The van der Waals surface area contributed by atoms with Crippen molar-refractivity contribution in [2.75, 3.05) is 19.8 Å². The molecule has 3 heterocycles. The maximum atomic E-state index is 12.8. The first-order valence-electron chi connectivity index (χ1n) is 8.48. The molecule has 1 atom stereocenters. The van der Waals surface area contributed by atoms with Gasteiger partial charge in [0.05, 0.1) is 6.10 Å². The van der Waals surface area contributed by atoms with E-state index < -0.39 is 0 Å². The summed E-state index contributed by atoms with van der Waals surface area (Å²) in [6.07, 6.45) is 3.29. The van der Waals surface area contributed by atoms with Gasteiger partial charge in [-0.05, 0) is 54.5 Å². The largest absolute Gasteiger partial charge is 0.491 e. The molecule has 1 amide bonds. The summed E-state index contributed by atoms with van der Waals surface area (Å²) in [5.74, 6) is 0.819. The van der Waals surface area contributed by atoms with Gasteiger partial charge in [-0.25, -0.2) is 0 Å². The summed E-state index contributed by atoms with van der Waals surface area (Å²) in [5.41, 5.74) is 1.98. The van der Waals surface area contributed by atoms with Crippen molar-refractivity contribution >= 4 is 17.2 Å². The molecule has 4 nitrogen and oxygen atoms in total. The minimum Gasteiger partial charge on any atom is -0.491 e. The van der Waals surface area contributed by atoms with E-state index in [0.29, 0.717) is 18.7 Å². The second-order valence-corrected chi connectivity index (χ2v) is 7.32. The first kappa shape index (κ1) is 15.7. The van der Waals surface area contributed by atoms with Crippen LogP contribution in [0, 0.1) is 0 Å². The molecular formula is C19H21NO3S.